The molecule has 1 fully saturated rings. The number of hydrogen-bond acceptors (Lipinski definition) is 4. The topological polar surface area (TPSA) is 50.3 Å². The number of aromatic nitrogens is 2. The fourth-order valence-electron chi connectivity index (χ4n) is 2.71. The molecule has 0 aromatic carbocycles. The van der Waals surface area contributed by atoms with E-state index in [0.717, 1.165) is 44.6 Å². The van der Waals surface area contributed by atoms with E-state index in [9.17, 15) is 0 Å². The predicted molar refractivity (Wildman–Crippen MR) is 78.0 cm³/mol. The van der Waals surface area contributed by atoms with Gasteiger partial charge in [0.15, 0.2) is 0 Å². The summed E-state index contributed by atoms with van der Waals surface area (Å²) in [6.07, 6.45) is 6.12. The largest absolute Gasteiger partial charge is 0.324 e. The van der Waals surface area contributed by atoms with Gasteiger partial charge in [-0.3, -0.25) is 4.68 Å². The van der Waals surface area contributed by atoms with Crippen molar-refractivity contribution in [2.45, 2.75) is 38.4 Å². The third-order valence-corrected chi connectivity index (χ3v) is 4.04. The molecule has 0 radical (unpaired) electrons. The Hall–Kier alpha value is -0.910. The predicted octanol–water partition coefficient (Wildman–Crippen LogP) is 0.929. The molecule has 0 amide bonds. The number of aryl methyl sites for hydroxylation is 1. The summed E-state index contributed by atoms with van der Waals surface area (Å²) in [5.41, 5.74) is 7.51. The second kappa shape index (κ2) is 6.50. The second-order valence-corrected chi connectivity index (χ2v) is 5.78. The van der Waals surface area contributed by atoms with Gasteiger partial charge in [-0.05, 0) is 26.9 Å². The Balaban J connectivity index is 1.93. The van der Waals surface area contributed by atoms with Crippen LogP contribution in [0.5, 0.6) is 0 Å². The lowest BCUT2D eigenvalue weighted by Crippen LogP contribution is -2.50. The van der Waals surface area contributed by atoms with Gasteiger partial charge in [-0.2, -0.15) is 5.10 Å². The van der Waals surface area contributed by atoms with Crippen molar-refractivity contribution in [3.63, 3.8) is 0 Å². The van der Waals surface area contributed by atoms with Gasteiger partial charge in [0.25, 0.3) is 0 Å². The molecule has 0 bridgehead atoms. The minimum absolute atomic E-state index is 0.0876. The lowest BCUT2D eigenvalue weighted by Gasteiger charge is -2.38. The third-order valence-electron chi connectivity index (χ3n) is 4.04. The molecule has 0 saturated carbocycles. The zero-order valence-electron chi connectivity index (χ0n) is 12.4. The van der Waals surface area contributed by atoms with Gasteiger partial charge in [0.05, 0.1) is 6.20 Å². The Bertz CT molecular complexity index is 389. The molecule has 1 saturated heterocycles. The zero-order chi connectivity index (χ0) is 13.8. The molecule has 5 nitrogen and oxygen atoms in total. The average molecular weight is 265 g/mol. The molecular weight excluding hydrogens is 238 g/mol. The van der Waals surface area contributed by atoms with Crippen LogP contribution in [0.2, 0.25) is 0 Å². The Morgan fingerprint density at radius 2 is 2.21 bits per heavy atom. The molecule has 108 valence electrons. The van der Waals surface area contributed by atoms with Crippen molar-refractivity contribution in [3.05, 3.63) is 18.0 Å². The molecule has 2 atom stereocenters. The number of hydrogen-bond donors (Lipinski definition) is 1. The Morgan fingerprint density at radius 3 is 2.95 bits per heavy atom. The number of rotatable bonds is 5. The molecule has 1 aliphatic heterocycles. The van der Waals surface area contributed by atoms with Crippen molar-refractivity contribution in [1.29, 1.82) is 0 Å². The maximum Gasteiger partial charge on any atom is 0.0537 e. The average Bonchev–Trinajstić information content (AvgIpc) is 2.83. The maximum absolute atomic E-state index is 6.34. The lowest BCUT2D eigenvalue weighted by atomic mass is 10.0. The minimum atomic E-state index is 0.0876. The number of nitrogens with two attached hydrogens (primary N) is 1. The fraction of sp³-hybridized carbons (Fsp3) is 0.786. The van der Waals surface area contributed by atoms with Crippen molar-refractivity contribution < 1.29 is 0 Å². The molecule has 5 heteroatoms. The molecule has 1 aliphatic rings. The summed E-state index contributed by atoms with van der Waals surface area (Å²) in [4.78, 5) is 4.81. The van der Waals surface area contributed by atoms with E-state index in [1.807, 2.05) is 10.9 Å². The van der Waals surface area contributed by atoms with Crippen LogP contribution in [0.1, 0.15) is 31.4 Å². The maximum atomic E-state index is 6.34. The van der Waals surface area contributed by atoms with Crippen molar-refractivity contribution >= 4 is 0 Å². The van der Waals surface area contributed by atoms with E-state index in [1.54, 1.807) is 0 Å². The van der Waals surface area contributed by atoms with Crippen molar-refractivity contribution in [2.24, 2.45) is 5.73 Å². The summed E-state index contributed by atoms with van der Waals surface area (Å²) in [5, 5.41) is 4.37. The monoisotopic (exact) mass is 265 g/mol. The van der Waals surface area contributed by atoms with Crippen LogP contribution in [0.25, 0.3) is 0 Å². The highest BCUT2D eigenvalue weighted by Gasteiger charge is 2.24. The second-order valence-electron chi connectivity index (χ2n) is 5.78. The molecule has 1 aromatic heterocycles. The highest BCUT2D eigenvalue weighted by atomic mass is 15.3. The van der Waals surface area contributed by atoms with E-state index in [2.05, 4.69) is 42.1 Å². The molecule has 2 rings (SSSR count). The first-order valence-electron chi connectivity index (χ1n) is 7.27. The molecule has 2 unspecified atom stereocenters. The molecular formula is C14H27N5. The van der Waals surface area contributed by atoms with E-state index in [-0.39, 0.29) is 6.04 Å². The molecule has 19 heavy (non-hydrogen) atoms. The van der Waals surface area contributed by atoms with Gasteiger partial charge in [-0.1, -0.05) is 6.92 Å². The number of nitrogens with zero attached hydrogens (tertiary/aromatic N) is 4. The van der Waals surface area contributed by atoms with E-state index >= 15 is 0 Å². The van der Waals surface area contributed by atoms with Crippen molar-refractivity contribution in [1.82, 2.24) is 19.6 Å². The van der Waals surface area contributed by atoms with Crippen LogP contribution in [0.3, 0.4) is 0 Å². The first-order valence-corrected chi connectivity index (χ1v) is 7.27. The summed E-state index contributed by atoms with van der Waals surface area (Å²) in [6.45, 7) is 6.51. The van der Waals surface area contributed by atoms with Gasteiger partial charge in [-0.25, -0.2) is 0 Å². The summed E-state index contributed by atoms with van der Waals surface area (Å²) in [5.74, 6) is 0. The normalized spacial score (nSPS) is 23.7. The molecule has 0 spiro atoms. The van der Waals surface area contributed by atoms with Crippen LogP contribution in [0, 0.1) is 0 Å². The molecule has 2 heterocycles. The highest BCUT2D eigenvalue weighted by molar-refractivity contribution is 5.10. The van der Waals surface area contributed by atoms with Crippen LogP contribution >= 0.6 is 0 Å². The summed E-state index contributed by atoms with van der Waals surface area (Å²) < 4.78 is 1.99. The van der Waals surface area contributed by atoms with E-state index in [1.165, 1.54) is 0 Å². The van der Waals surface area contributed by atoms with Gasteiger partial charge < -0.3 is 15.5 Å². The van der Waals surface area contributed by atoms with E-state index < -0.39 is 0 Å². The van der Waals surface area contributed by atoms with Crippen molar-refractivity contribution in [3.8, 4) is 0 Å². The fourth-order valence-corrected chi connectivity index (χ4v) is 2.71. The first-order chi connectivity index (χ1) is 9.10. The number of likely N-dealkylation sites (N-methyl/N-ethyl adjacent to an activating group) is 2. The van der Waals surface area contributed by atoms with E-state index in [4.69, 9.17) is 5.73 Å². The summed E-state index contributed by atoms with van der Waals surface area (Å²) in [6, 6.07) is 0.632. The summed E-state index contributed by atoms with van der Waals surface area (Å²) >= 11 is 0. The van der Waals surface area contributed by atoms with Gasteiger partial charge in [-0.15, -0.1) is 0 Å². The molecule has 0 aliphatic carbocycles. The van der Waals surface area contributed by atoms with Crippen LogP contribution < -0.4 is 5.73 Å². The first kappa shape index (κ1) is 14.5. The standard InChI is InChI=1S/C14H27N5/c1-4-5-19-10-12(9-16-19)14(15)8-13-11-17(2)6-7-18(13)3/h9-10,13-14H,4-8,11,15H2,1-3H3. The molecule has 2 N–H and O–H groups in total. The van der Waals surface area contributed by atoms with Gasteiger partial charge in [0.1, 0.15) is 0 Å². The Kier molecular flexibility index (Phi) is 4.96. The highest BCUT2D eigenvalue weighted by Crippen LogP contribution is 2.20. The van der Waals surface area contributed by atoms with Crippen LogP contribution in [0.4, 0.5) is 0 Å². The smallest absolute Gasteiger partial charge is 0.0537 e. The third kappa shape index (κ3) is 3.78. The molecule has 1 aromatic rings. The van der Waals surface area contributed by atoms with Gasteiger partial charge in [0, 0.05) is 50.0 Å². The van der Waals surface area contributed by atoms with Crippen LogP contribution in [0.15, 0.2) is 12.4 Å². The minimum Gasteiger partial charge on any atom is -0.324 e. The van der Waals surface area contributed by atoms with Gasteiger partial charge >= 0.3 is 0 Å². The lowest BCUT2D eigenvalue weighted by molar-refractivity contribution is 0.104. The number of piperazine rings is 1. The van der Waals surface area contributed by atoms with Gasteiger partial charge in [0.2, 0.25) is 0 Å². The quantitative estimate of drug-likeness (QED) is 0.860. The van der Waals surface area contributed by atoms with Crippen LogP contribution in [-0.4, -0.2) is 59.4 Å². The Labute approximate surface area is 116 Å². The SMILES string of the molecule is CCCn1cc(C(N)CC2CN(C)CCN2C)cn1. The van der Waals surface area contributed by atoms with E-state index in [0.29, 0.717) is 6.04 Å². The van der Waals surface area contributed by atoms with Crippen LogP contribution in [-0.2, 0) is 6.54 Å². The van der Waals surface area contributed by atoms with Crippen molar-refractivity contribution in [2.75, 3.05) is 33.7 Å². The zero-order valence-corrected chi connectivity index (χ0v) is 12.4. The Morgan fingerprint density at radius 1 is 1.42 bits per heavy atom. The summed E-state index contributed by atoms with van der Waals surface area (Å²) in [7, 11) is 4.38.